The number of benzene rings is 1. The van der Waals surface area contributed by atoms with Crippen molar-refractivity contribution in [3.63, 3.8) is 0 Å². The predicted octanol–water partition coefficient (Wildman–Crippen LogP) is 2.73. The van der Waals surface area contributed by atoms with Crippen LogP contribution >= 0.6 is 11.6 Å². The van der Waals surface area contributed by atoms with Crippen LogP contribution in [0.1, 0.15) is 10.4 Å². The minimum Gasteiger partial charge on any atom is -0.424 e. The van der Waals surface area contributed by atoms with Gasteiger partial charge < -0.3 is 4.74 Å². The van der Waals surface area contributed by atoms with E-state index < -0.39 is 0 Å². The molecule has 0 radical (unpaired) electrons. The Labute approximate surface area is 96.9 Å². The molecule has 0 unspecified atom stereocenters. The molecule has 0 aliphatic carbocycles. The predicted molar refractivity (Wildman–Crippen MR) is 58.9 cm³/mol. The number of carbonyl (C=O) groups is 1. The van der Waals surface area contributed by atoms with Gasteiger partial charge in [-0.05, 0) is 12.1 Å². The van der Waals surface area contributed by atoms with Crippen LogP contribution in [-0.2, 0) is 0 Å². The summed E-state index contributed by atoms with van der Waals surface area (Å²) >= 11 is 5.64. The van der Waals surface area contributed by atoms with Crippen LogP contribution in [-0.4, -0.2) is 16.3 Å². The summed E-state index contributed by atoms with van der Waals surface area (Å²) < 4.78 is 5.34. The molecule has 0 saturated carbocycles. The highest BCUT2D eigenvalue weighted by molar-refractivity contribution is 6.30. The normalized spacial score (nSPS) is 9.81. The third-order valence-electron chi connectivity index (χ3n) is 1.84. The fourth-order valence-electron chi connectivity index (χ4n) is 1.12. The van der Waals surface area contributed by atoms with Gasteiger partial charge in [-0.1, -0.05) is 23.7 Å². The van der Waals surface area contributed by atoms with E-state index in [2.05, 4.69) is 9.97 Å². The quantitative estimate of drug-likeness (QED) is 0.767. The number of aldehydes is 1. The van der Waals surface area contributed by atoms with Crippen LogP contribution in [0.5, 0.6) is 11.8 Å². The Morgan fingerprint density at radius 3 is 2.56 bits per heavy atom. The van der Waals surface area contributed by atoms with Gasteiger partial charge in [0.05, 0.1) is 23.0 Å². The SMILES string of the molecule is O=Cc1ccccc1Oc1ncc(Cl)cn1. The summed E-state index contributed by atoms with van der Waals surface area (Å²) in [6.45, 7) is 0. The van der Waals surface area contributed by atoms with Gasteiger partial charge in [0.15, 0.2) is 6.29 Å². The van der Waals surface area contributed by atoms with Gasteiger partial charge in [-0.3, -0.25) is 4.79 Å². The van der Waals surface area contributed by atoms with E-state index in [1.165, 1.54) is 12.4 Å². The highest BCUT2D eigenvalue weighted by atomic mass is 35.5. The van der Waals surface area contributed by atoms with E-state index in [-0.39, 0.29) is 6.01 Å². The molecular formula is C11H7ClN2O2. The summed E-state index contributed by atoms with van der Waals surface area (Å²) in [6.07, 6.45) is 3.56. The maximum absolute atomic E-state index is 10.7. The van der Waals surface area contributed by atoms with Crippen molar-refractivity contribution >= 4 is 17.9 Å². The number of nitrogens with zero attached hydrogens (tertiary/aromatic N) is 2. The zero-order valence-corrected chi connectivity index (χ0v) is 8.89. The molecule has 0 fully saturated rings. The van der Waals surface area contributed by atoms with Crippen molar-refractivity contribution in [2.75, 3.05) is 0 Å². The van der Waals surface area contributed by atoms with Crippen LogP contribution in [0.2, 0.25) is 5.02 Å². The molecule has 0 aliphatic rings. The fraction of sp³-hybridized carbons (Fsp3) is 0. The lowest BCUT2D eigenvalue weighted by molar-refractivity contribution is 0.112. The monoisotopic (exact) mass is 234 g/mol. The van der Waals surface area contributed by atoms with Gasteiger partial charge in [0.1, 0.15) is 5.75 Å². The largest absolute Gasteiger partial charge is 0.424 e. The zero-order chi connectivity index (χ0) is 11.4. The van der Waals surface area contributed by atoms with E-state index in [0.29, 0.717) is 22.6 Å². The van der Waals surface area contributed by atoms with Crippen molar-refractivity contribution in [1.29, 1.82) is 0 Å². The minimum absolute atomic E-state index is 0.152. The van der Waals surface area contributed by atoms with E-state index in [9.17, 15) is 4.79 Å². The van der Waals surface area contributed by atoms with Crippen molar-refractivity contribution in [3.05, 3.63) is 47.2 Å². The molecule has 0 spiro atoms. The number of aromatic nitrogens is 2. The Morgan fingerprint density at radius 1 is 1.19 bits per heavy atom. The molecule has 0 saturated heterocycles. The first kappa shape index (κ1) is 10.6. The molecule has 0 bridgehead atoms. The van der Waals surface area contributed by atoms with Crippen LogP contribution in [0.15, 0.2) is 36.7 Å². The lowest BCUT2D eigenvalue weighted by atomic mass is 10.2. The van der Waals surface area contributed by atoms with Gasteiger partial charge >= 0.3 is 6.01 Å². The lowest BCUT2D eigenvalue weighted by Gasteiger charge is -2.04. The van der Waals surface area contributed by atoms with Crippen LogP contribution in [0.3, 0.4) is 0 Å². The van der Waals surface area contributed by atoms with Gasteiger partial charge in [0, 0.05) is 0 Å². The fourth-order valence-corrected chi connectivity index (χ4v) is 1.22. The Kier molecular flexibility index (Phi) is 3.12. The topological polar surface area (TPSA) is 52.1 Å². The first-order valence-electron chi connectivity index (χ1n) is 4.49. The molecule has 5 heteroatoms. The third-order valence-corrected chi connectivity index (χ3v) is 2.04. The smallest absolute Gasteiger partial charge is 0.321 e. The summed E-state index contributed by atoms with van der Waals surface area (Å²) in [5.74, 6) is 0.417. The molecule has 1 aromatic heterocycles. The molecule has 1 heterocycles. The molecule has 0 atom stereocenters. The number of para-hydroxylation sites is 1. The molecule has 0 N–H and O–H groups in total. The lowest BCUT2D eigenvalue weighted by Crippen LogP contribution is -1.94. The summed E-state index contributed by atoms with van der Waals surface area (Å²) in [5.41, 5.74) is 0.445. The molecule has 1 aromatic carbocycles. The van der Waals surface area contributed by atoms with Crippen molar-refractivity contribution in [2.45, 2.75) is 0 Å². The second-order valence-corrected chi connectivity index (χ2v) is 3.38. The molecule has 0 aliphatic heterocycles. The second-order valence-electron chi connectivity index (χ2n) is 2.94. The Hall–Kier alpha value is -1.94. The third kappa shape index (κ3) is 2.35. The molecule has 0 amide bonds. The van der Waals surface area contributed by atoms with Crippen LogP contribution in [0.4, 0.5) is 0 Å². The average molecular weight is 235 g/mol. The summed E-state index contributed by atoms with van der Waals surface area (Å²) in [6, 6.07) is 6.98. The summed E-state index contributed by atoms with van der Waals surface area (Å²) in [7, 11) is 0. The number of hydrogen-bond acceptors (Lipinski definition) is 4. The van der Waals surface area contributed by atoms with Crippen LogP contribution < -0.4 is 4.74 Å². The summed E-state index contributed by atoms with van der Waals surface area (Å²) in [4.78, 5) is 18.5. The maximum atomic E-state index is 10.7. The first-order chi connectivity index (χ1) is 7.79. The van der Waals surface area contributed by atoms with Crippen molar-refractivity contribution in [3.8, 4) is 11.8 Å². The van der Waals surface area contributed by atoms with E-state index in [1.54, 1.807) is 24.3 Å². The van der Waals surface area contributed by atoms with Crippen molar-refractivity contribution in [1.82, 2.24) is 9.97 Å². The average Bonchev–Trinajstić information content (AvgIpc) is 2.33. The Balaban J connectivity index is 2.26. The van der Waals surface area contributed by atoms with Gasteiger partial charge in [-0.15, -0.1) is 0 Å². The van der Waals surface area contributed by atoms with Gasteiger partial charge in [-0.2, -0.15) is 0 Å². The van der Waals surface area contributed by atoms with Crippen LogP contribution in [0.25, 0.3) is 0 Å². The maximum Gasteiger partial charge on any atom is 0.321 e. The van der Waals surface area contributed by atoms with E-state index >= 15 is 0 Å². The standard InChI is InChI=1S/C11H7ClN2O2/c12-9-5-13-11(14-6-9)16-10-4-2-1-3-8(10)7-15/h1-7H. The van der Waals surface area contributed by atoms with Gasteiger partial charge in [0.2, 0.25) is 0 Å². The number of hydrogen-bond donors (Lipinski definition) is 0. The zero-order valence-electron chi connectivity index (χ0n) is 8.13. The first-order valence-corrected chi connectivity index (χ1v) is 4.87. The summed E-state index contributed by atoms with van der Waals surface area (Å²) in [5, 5.41) is 0.427. The number of ether oxygens (including phenoxy) is 1. The van der Waals surface area contributed by atoms with Gasteiger partial charge in [-0.25, -0.2) is 9.97 Å². The molecular weight excluding hydrogens is 228 g/mol. The van der Waals surface area contributed by atoms with E-state index in [4.69, 9.17) is 16.3 Å². The molecule has 80 valence electrons. The van der Waals surface area contributed by atoms with Gasteiger partial charge in [0.25, 0.3) is 0 Å². The van der Waals surface area contributed by atoms with E-state index in [0.717, 1.165) is 0 Å². The second kappa shape index (κ2) is 4.72. The number of carbonyl (C=O) groups excluding carboxylic acids is 1. The molecule has 2 aromatic rings. The Morgan fingerprint density at radius 2 is 1.88 bits per heavy atom. The van der Waals surface area contributed by atoms with Crippen molar-refractivity contribution in [2.24, 2.45) is 0 Å². The highest BCUT2D eigenvalue weighted by Gasteiger charge is 2.04. The Bertz CT molecular complexity index is 500. The highest BCUT2D eigenvalue weighted by Crippen LogP contribution is 2.21. The van der Waals surface area contributed by atoms with E-state index in [1.807, 2.05) is 0 Å². The molecule has 16 heavy (non-hydrogen) atoms. The van der Waals surface area contributed by atoms with Crippen molar-refractivity contribution < 1.29 is 9.53 Å². The van der Waals surface area contributed by atoms with Crippen LogP contribution in [0, 0.1) is 0 Å². The molecule has 2 rings (SSSR count). The minimum atomic E-state index is 0.152. The number of rotatable bonds is 3. The molecule has 4 nitrogen and oxygen atoms in total. The number of halogens is 1.